The Labute approximate surface area is 162 Å². The van der Waals surface area contributed by atoms with Crippen LogP contribution in [-0.4, -0.2) is 24.3 Å². The maximum absolute atomic E-state index is 12.3. The van der Waals surface area contributed by atoms with Gasteiger partial charge in [-0.3, -0.25) is 9.59 Å². The van der Waals surface area contributed by atoms with Crippen molar-refractivity contribution in [3.63, 3.8) is 0 Å². The molecule has 0 spiro atoms. The van der Waals surface area contributed by atoms with Crippen LogP contribution in [0.5, 0.6) is 0 Å². The van der Waals surface area contributed by atoms with Gasteiger partial charge >= 0.3 is 5.97 Å². The summed E-state index contributed by atoms with van der Waals surface area (Å²) >= 11 is 0. The van der Waals surface area contributed by atoms with Gasteiger partial charge in [0.05, 0.1) is 12.2 Å². The van der Waals surface area contributed by atoms with E-state index < -0.39 is 11.9 Å². The van der Waals surface area contributed by atoms with Gasteiger partial charge in [-0.15, -0.1) is 0 Å². The second-order valence-electron chi connectivity index (χ2n) is 5.70. The summed E-state index contributed by atoms with van der Waals surface area (Å²) in [6, 6.07) is 14.6. The van der Waals surface area contributed by atoms with Crippen molar-refractivity contribution < 1.29 is 19.1 Å². The van der Waals surface area contributed by atoms with Gasteiger partial charge in [-0.05, 0) is 62.4 Å². The second kappa shape index (κ2) is 9.69. The third-order valence-electron chi connectivity index (χ3n) is 3.69. The summed E-state index contributed by atoms with van der Waals surface area (Å²) < 4.78 is 4.89. The molecule has 0 atom stereocenters. The maximum Gasteiger partial charge on any atom is 0.338 e. The van der Waals surface area contributed by atoms with Gasteiger partial charge in [-0.2, -0.15) is 5.26 Å². The summed E-state index contributed by atoms with van der Waals surface area (Å²) in [5.74, 6) is -1.09. The van der Waals surface area contributed by atoms with Crippen LogP contribution in [-0.2, 0) is 9.53 Å². The molecule has 0 saturated heterocycles. The highest BCUT2D eigenvalue weighted by Crippen LogP contribution is 2.13. The number of carbonyl (C=O) groups is 3. The molecule has 0 aromatic heterocycles. The first-order valence-corrected chi connectivity index (χ1v) is 8.51. The lowest BCUT2D eigenvalue weighted by atomic mass is 10.1. The first kappa shape index (κ1) is 20.4. The number of hydrogen-bond donors (Lipinski definition) is 2. The van der Waals surface area contributed by atoms with Gasteiger partial charge in [0.15, 0.2) is 5.78 Å². The molecular formula is C21H19N3O4. The molecule has 7 nitrogen and oxygen atoms in total. The molecule has 2 rings (SSSR count). The Kier molecular flexibility index (Phi) is 7.06. The van der Waals surface area contributed by atoms with Gasteiger partial charge in [0, 0.05) is 23.1 Å². The topological polar surface area (TPSA) is 108 Å². The van der Waals surface area contributed by atoms with E-state index in [0.29, 0.717) is 22.5 Å². The first-order chi connectivity index (χ1) is 13.4. The molecule has 0 radical (unpaired) electrons. The summed E-state index contributed by atoms with van der Waals surface area (Å²) in [7, 11) is 0. The fraction of sp³-hybridized carbons (Fsp3) is 0.143. The van der Waals surface area contributed by atoms with Crippen molar-refractivity contribution in [3.05, 3.63) is 71.4 Å². The lowest BCUT2D eigenvalue weighted by Crippen LogP contribution is -2.14. The monoisotopic (exact) mass is 377 g/mol. The van der Waals surface area contributed by atoms with Gasteiger partial charge < -0.3 is 15.4 Å². The highest BCUT2D eigenvalue weighted by atomic mass is 16.5. The molecule has 0 unspecified atom stereocenters. The molecule has 0 bridgehead atoms. The predicted molar refractivity (Wildman–Crippen MR) is 105 cm³/mol. The van der Waals surface area contributed by atoms with E-state index in [1.165, 1.54) is 25.3 Å². The molecule has 0 heterocycles. The van der Waals surface area contributed by atoms with Crippen LogP contribution in [0.2, 0.25) is 0 Å². The summed E-state index contributed by atoms with van der Waals surface area (Å²) in [4.78, 5) is 35.1. The molecule has 0 aliphatic carbocycles. The summed E-state index contributed by atoms with van der Waals surface area (Å²) in [6.45, 7) is 3.46. The number of nitrogens with zero attached hydrogens (tertiary/aromatic N) is 1. The molecule has 2 aromatic carbocycles. The second-order valence-corrected chi connectivity index (χ2v) is 5.70. The van der Waals surface area contributed by atoms with E-state index in [0.717, 1.165) is 0 Å². The largest absolute Gasteiger partial charge is 0.462 e. The van der Waals surface area contributed by atoms with Crippen molar-refractivity contribution in [1.29, 1.82) is 5.26 Å². The number of nitrogens with one attached hydrogen (secondary N) is 2. The SMILES string of the molecule is CCOC(=O)c1ccc(NC(=O)/C(C#N)=C\Nc2ccc(C(C)=O)cc2)cc1. The van der Waals surface area contributed by atoms with E-state index >= 15 is 0 Å². The van der Waals surface area contributed by atoms with Crippen LogP contribution in [0.3, 0.4) is 0 Å². The van der Waals surface area contributed by atoms with E-state index in [9.17, 15) is 19.6 Å². The van der Waals surface area contributed by atoms with Crippen LogP contribution in [0.1, 0.15) is 34.6 Å². The lowest BCUT2D eigenvalue weighted by Gasteiger charge is -2.07. The molecule has 0 saturated carbocycles. The molecular weight excluding hydrogens is 358 g/mol. The highest BCUT2D eigenvalue weighted by Gasteiger charge is 2.11. The first-order valence-electron chi connectivity index (χ1n) is 8.51. The molecule has 0 aliphatic rings. The fourth-order valence-corrected chi connectivity index (χ4v) is 2.21. The molecule has 2 N–H and O–H groups in total. The minimum absolute atomic E-state index is 0.0480. The van der Waals surface area contributed by atoms with Crippen LogP contribution in [0.15, 0.2) is 60.3 Å². The Morgan fingerprint density at radius 2 is 1.57 bits per heavy atom. The highest BCUT2D eigenvalue weighted by molar-refractivity contribution is 6.07. The Morgan fingerprint density at radius 1 is 1.00 bits per heavy atom. The molecule has 2 aromatic rings. The number of rotatable bonds is 7. The minimum atomic E-state index is -0.598. The smallest absolute Gasteiger partial charge is 0.338 e. The van der Waals surface area contributed by atoms with E-state index in [1.807, 2.05) is 6.07 Å². The molecule has 28 heavy (non-hydrogen) atoms. The molecule has 142 valence electrons. The van der Waals surface area contributed by atoms with Crippen molar-refractivity contribution in [3.8, 4) is 6.07 Å². The van der Waals surface area contributed by atoms with Gasteiger partial charge in [0.2, 0.25) is 0 Å². The Hall–Kier alpha value is -3.92. The summed E-state index contributed by atoms with van der Waals surface area (Å²) in [5, 5.41) is 14.7. The number of nitriles is 1. The van der Waals surface area contributed by atoms with Crippen LogP contribution < -0.4 is 10.6 Å². The molecule has 1 amide bonds. The zero-order chi connectivity index (χ0) is 20.5. The number of ether oxygens (including phenoxy) is 1. The number of Topliss-reactive ketones (excluding diaryl/α,β-unsaturated/α-hetero) is 1. The standard InChI is InChI=1S/C21H19N3O4/c1-3-28-21(27)16-6-10-19(11-7-16)24-20(26)17(12-22)13-23-18-8-4-15(5-9-18)14(2)25/h4-11,13,23H,3H2,1-2H3,(H,24,26)/b17-13-. The number of hydrogen-bond acceptors (Lipinski definition) is 6. The van der Waals surface area contributed by atoms with E-state index in [4.69, 9.17) is 4.74 Å². The molecule has 7 heteroatoms. The van der Waals surface area contributed by atoms with Gasteiger partial charge in [0.1, 0.15) is 11.6 Å². The fourth-order valence-electron chi connectivity index (χ4n) is 2.21. The number of amides is 1. The van der Waals surface area contributed by atoms with Crippen LogP contribution in [0.25, 0.3) is 0 Å². The van der Waals surface area contributed by atoms with Crippen molar-refractivity contribution in [2.45, 2.75) is 13.8 Å². The van der Waals surface area contributed by atoms with Crippen molar-refractivity contribution in [1.82, 2.24) is 0 Å². The van der Waals surface area contributed by atoms with Crippen LogP contribution >= 0.6 is 0 Å². The average molecular weight is 377 g/mol. The van der Waals surface area contributed by atoms with Gasteiger partial charge in [-0.1, -0.05) is 0 Å². The van der Waals surface area contributed by atoms with Crippen LogP contribution in [0.4, 0.5) is 11.4 Å². The van der Waals surface area contributed by atoms with Crippen LogP contribution in [0, 0.1) is 11.3 Å². The lowest BCUT2D eigenvalue weighted by molar-refractivity contribution is -0.112. The van der Waals surface area contributed by atoms with Gasteiger partial charge in [-0.25, -0.2) is 4.79 Å². The third kappa shape index (κ3) is 5.54. The summed E-state index contributed by atoms with van der Waals surface area (Å²) in [5.41, 5.74) is 1.87. The van der Waals surface area contributed by atoms with Crippen molar-refractivity contribution in [2.24, 2.45) is 0 Å². The predicted octanol–water partition coefficient (Wildman–Crippen LogP) is 3.52. The van der Waals surface area contributed by atoms with Gasteiger partial charge in [0.25, 0.3) is 5.91 Å². The third-order valence-corrected chi connectivity index (χ3v) is 3.69. The van der Waals surface area contributed by atoms with E-state index in [2.05, 4.69) is 10.6 Å². The number of anilines is 2. The number of benzene rings is 2. The summed E-state index contributed by atoms with van der Waals surface area (Å²) in [6.07, 6.45) is 1.28. The zero-order valence-corrected chi connectivity index (χ0v) is 15.5. The maximum atomic E-state index is 12.3. The van der Waals surface area contributed by atoms with Crippen molar-refractivity contribution >= 4 is 29.0 Å². The zero-order valence-electron chi connectivity index (χ0n) is 15.5. The molecule has 0 aliphatic heterocycles. The molecule has 0 fully saturated rings. The van der Waals surface area contributed by atoms with E-state index in [1.54, 1.807) is 43.3 Å². The number of ketones is 1. The Morgan fingerprint density at radius 3 is 2.11 bits per heavy atom. The quantitative estimate of drug-likeness (QED) is 0.331. The Bertz CT molecular complexity index is 939. The van der Waals surface area contributed by atoms with Crippen molar-refractivity contribution in [2.75, 3.05) is 17.2 Å². The minimum Gasteiger partial charge on any atom is -0.462 e. The van der Waals surface area contributed by atoms with E-state index in [-0.39, 0.29) is 18.0 Å². The average Bonchev–Trinajstić information content (AvgIpc) is 2.69. The Balaban J connectivity index is 2.02. The number of carbonyl (C=O) groups excluding carboxylic acids is 3. The number of esters is 1. The normalized spacial score (nSPS) is 10.5.